The Morgan fingerprint density at radius 1 is 1.04 bits per heavy atom. The molecule has 0 fully saturated rings. The molecule has 0 bridgehead atoms. The molecule has 3 aromatic rings. The minimum Gasteiger partial charge on any atom is -0.250 e. The topological polar surface area (TPSA) is 76.9 Å². The number of anilines is 1. The van der Waals surface area contributed by atoms with E-state index in [9.17, 15) is 12.8 Å². The van der Waals surface area contributed by atoms with Gasteiger partial charge >= 0.3 is 0 Å². The predicted molar refractivity (Wildman–Crippen MR) is 88.2 cm³/mol. The highest BCUT2D eigenvalue weighted by atomic mass is 32.2. The van der Waals surface area contributed by atoms with Crippen molar-refractivity contribution in [1.82, 2.24) is 14.8 Å². The van der Waals surface area contributed by atoms with Gasteiger partial charge in [0.1, 0.15) is 12.1 Å². The first kappa shape index (κ1) is 16.1. The third-order valence-corrected chi connectivity index (χ3v) is 4.48. The molecule has 0 saturated carbocycles. The van der Waals surface area contributed by atoms with Gasteiger partial charge in [-0.25, -0.2) is 22.2 Å². The van der Waals surface area contributed by atoms with Crippen molar-refractivity contribution in [3.05, 3.63) is 77.9 Å². The molecular formula is C16H15FN4O2S. The van der Waals surface area contributed by atoms with E-state index >= 15 is 0 Å². The molecule has 3 rings (SSSR count). The quantitative estimate of drug-likeness (QED) is 0.743. The highest BCUT2D eigenvalue weighted by Crippen LogP contribution is 2.11. The van der Waals surface area contributed by atoms with Crippen molar-refractivity contribution in [2.75, 3.05) is 4.72 Å². The van der Waals surface area contributed by atoms with Gasteiger partial charge < -0.3 is 0 Å². The molecule has 1 aromatic heterocycles. The minimum atomic E-state index is -3.62. The lowest BCUT2D eigenvalue weighted by Crippen LogP contribution is -2.16. The molecule has 0 amide bonds. The molecule has 0 spiro atoms. The number of benzene rings is 2. The average molecular weight is 346 g/mol. The summed E-state index contributed by atoms with van der Waals surface area (Å²) in [5.74, 6) is -0.558. The van der Waals surface area contributed by atoms with Gasteiger partial charge in [0, 0.05) is 5.56 Å². The molecule has 0 saturated heterocycles. The molecule has 1 heterocycles. The summed E-state index contributed by atoms with van der Waals surface area (Å²) in [4.78, 5) is 3.91. The second kappa shape index (κ2) is 6.79. The lowest BCUT2D eigenvalue weighted by atomic mass is 10.2. The third-order valence-electron chi connectivity index (χ3n) is 3.27. The number of nitrogens with zero attached hydrogens (tertiary/aromatic N) is 3. The second-order valence-corrected chi connectivity index (χ2v) is 6.93. The molecule has 0 aliphatic rings. The van der Waals surface area contributed by atoms with Crippen molar-refractivity contribution in [3.63, 3.8) is 0 Å². The average Bonchev–Trinajstić information content (AvgIpc) is 2.96. The highest BCUT2D eigenvalue weighted by molar-refractivity contribution is 7.91. The van der Waals surface area contributed by atoms with E-state index < -0.39 is 10.0 Å². The molecule has 2 aromatic carbocycles. The zero-order valence-corrected chi connectivity index (χ0v) is 13.4. The maximum Gasteiger partial charge on any atom is 0.255 e. The van der Waals surface area contributed by atoms with Crippen LogP contribution in [0.5, 0.6) is 0 Å². The van der Waals surface area contributed by atoms with Crippen LogP contribution in [-0.4, -0.2) is 23.2 Å². The molecular weight excluding hydrogens is 331 g/mol. The third kappa shape index (κ3) is 4.17. The van der Waals surface area contributed by atoms with E-state index in [-0.39, 0.29) is 24.1 Å². The van der Waals surface area contributed by atoms with Crippen LogP contribution < -0.4 is 4.72 Å². The van der Waals surface area contributed by atoms with Crippen LogP contribution >= 0.6 is 0 Å². The number of nitrogens with one attached hydrogen (secondary N) is 1. The SMILES string of the molecule is O=S(=O)(Cc1ccccc1)Nc1ncn(Cc2ccccc2F)n1. The Bertz CT molecular complexity index is 926. The largest absolute Gasteiger partial charge is 0.255 e. The molecule has 0 radical (unpaired) electrons. The molecule has 0 aliphatic heterocycles. The van der Waals surface area contributed by atoms with Crippen LogP contribution in [0.3, 0.4) is 0 Å². The van der Waals surface area contributed by atoms with Gasteiger partial charge in [-0.2, -0.15) is 4.98 Å². The number of hydrogen-bond acceptors (Lipinski definition) is 4. The van der Waals surface area contributed by atoms with E-state index in [0.717, 1.165) is 0 Å². The summed E-state index contributed by atoms with van der Waals surface area (Å²) in [6, 6.07) is 15.1. The van der Waals surface area contributed by atoms with E-state index in [1.54, 1.807) is 42.5 Å². The number of aromatic nitrogens is 3. The predicted octanol–water partition coefficient (Wildman–Crippen LogP) is 2.41. The summed E-state index contributed by atoms with van der Waals surface area (Å²) in [7, 11) is -3.62. The van der Waals surface area contributed by atoms with E-state index in [2.05, 4.69) is 14.8 Å². The normalized spacial score (nSPS) is 11.4. The molecule has 1 N–H and O–H groups in total. The van der Waals surface area contributed by atoms with Crippen molar-refractivity contribution in [3.8, 4) is 0 Å². The van der Waals surface area contributed by atoms with E-state index in [4.69, 9.17) is 0 Å². The Labute approximate surface area is 139 Å². The number of sulfonamides is 1. The van der Waals surface area contributed by atoms with Gasteiger partial charge in [-0.15, -0.1) is 5.10 Å². The summed E-state index contributed by atoms with van der Waals surface area (Å²) in [6.07, 6.45) is 1.35. The second-order valence-electron chi connectivity index (χ2n) is 5.20. The van der Waals surface area contributed by atoms with Gasteiger partial charge in [-0.05, 0) is 11.6 Å². The van der Waals surface area contributed by atoms with Crippen LogP contribution in [0, 0.1) is 5.82 Å². The van der Waals surface area contributed by atoms with Crippen molar-refractivity contribution < 1.29 is 12.8 Å². The van der Waals surface area contributed by atoms with Crippen molar-refractivity contribution in [1.29, 1.82) is 0 Å². The zero-order chi connectivity index (χ0) is 17.0. The number of rotatable bonds is 6. The molecule has 6 nitrogen and oxygen atoms in total. The number of hydrogen-bond donors (Lipinski definition) is 1. The van der Waals surface area contributed by atoms with Crippen LogP contribution in [0.2, 0.25) is 0 Å². The Hall–Kier alpha value is -2.74. The fourth-order valence-electron chi connectivity index (χ4n) is 2.19. The highest BCUT2D eigenvalue weighted by Gasteiger charge is 2.14. The first-order valence-corrected chi connectivity index (χ1v) is 8.84. The fourth-order valence-corrected chi connectivity index (χ4v) is 3.26. The van der Waals surface area contributed by atoms with Crippen molar-refractivity contribution in [2.45, 2.75) is 12.3 Å². The molecule has 24 heavy (non-hydrogen) atoms. The van der Waals surface area contributed by atoms with Crippen molar-refractivity contribution in [2.24, 2.45) is 0 Å². The molecule has 0 aliphatic carbocycles. The monoisotopic (exact) mass is 346 g/mol. The van der Waals surface area contributed by atoms with Crippen LogP contribution in [0.1, 0.15) is 11.1 Å². The summed E-state index contributed by atoms with van der Waals surface area (Å²) >= 11 is 0. The Balaban J connectivity index is 1.68. The molecule has 8 heteroatoms. The summed E-state index contributed by atoms with van der Waals surface area (Å²) < 4.78 is 41.6. The van der Waals surface area contributed by atoms with Gasteiger partial charge in [0.25, 0.3) is 5.95 Å². The standard InChI is InChI=1S/C16H15FN4O2S/c17-15-9-5-4-8-14(15)10-21-12-18-16(19-21)20-24(22,23)11-13-6-2-1-3-7-13/h1-9,12H,10-11H2,(H,19,20). The minimum absolute atomic E-state index is 0.0396. The van der Waals surface area contributed by atoms with Crippen LogP contribution in [0.4, 0.5) is 10.3 Å². The Morgan fingerprint density at radius 3 is 2.50 bits per heavy atom. The Kier molecular flexibility index (Phi) is 4.57. The summed E-state index contributed by atoms with van der Waals surface area (Å²) in [5.41, 5.74) is 1.11. The van der Waals surface area contributed by atoms with E-state index in [1.165, 1.54) is 17.1 Å². The van der Waals surface area contributed by atoms with E-state index in [1.807, 2.05) is 6.07 Å². The Morgan fingerprint density at radius 2 is 1.75 bits per heavy atom. The first-order valence-electron chi connectivity index (χ1n) is 7.19. The van der Waals surface area contributed by atoms with Gasteiger partial charge in [0.2, 0.25) is 10.0 Å². The molecule has 124 valence electrons. The van der Waals surface area contributed by atoms with Crippen LogP contribution in [-0.2, 0) is 22.3 Å². The maximum absolute atomic E-state index is 13.6. The molecule has 0 unspecified atom stereocenters. The maximum atomic E-state index is 13.6. The van der Waals surface area contributed by atoms with Crippen LogP contribution in [0.25, 0.3) is 0 Å². The lowest BCUT2D eigenvalue weighted by molar-refractivity contribution is 0.584. The van der Waals surface area contributed by atoms with Gasteiger partial charge in [-0.1, -0.05) is 48.5 Å². The van der Waals surface area contributed by atoms with Gasteiger partial charge in [0.15, 0.2) is 0 Å². The fraction of sp³-hybridized carbons (Fsp3) is 0.125. The summed E-state index contributed by atoms with van der Waals surface area (Å²) in [6.45, 7) is 0.167. The summed E-state index contributed by atoms with van der Waals surface area (Å²) in [5, 5.41) is 4.02. The van der Waals surface area contributed by atoms with E-state index in [0.29, 0.717) is 11.1 Å². The smallest absolute Gasteiger partial charge is 0.250 e. The molecule has 0 atom stereocenters. The van der Waals surface area contributed by atoms with Gasteiger partial charge in [-0.3, -0.25) is 0 Å². The zero-order valence-electron chi connectivity index (χ0n) is 12.6. The van der Waals surface area contributed by atoms with Gasteiger partial charge in [0.05, 0.1) is 12.3 Å². The van der Waals surface area contributed by atoms with Crippen molar-refractivity contribution >= 4 is 16.0 Å². The first-order chi connectivity index (χ1) is 11.5. The number of halogens is 1. The lowest BCUT2D eigenvalue weighted by Gasteiger charge is -2.05. The van der Waals surface area contributed by atoms with Crippen LogP contribution in [0.15, 0.2) is 60.9 Å².